The number of halogens is 4. The minimum absolute atomic E-state index is 0.0417. The van der Waals surface area contributed by atoms with Crippen molar-refractivity contribution in [3.05, 3.63) is 53.2 Å². The molecule has 7 nitrogen and oxygen atoms in total. The van der Waals surface area contributed by atoms with Gasteiger partial charge in [0.25, 0.3) is 0 Å². The third-order valence-corrected chi connectivity index (χ3v) is 7.46. The Kier molecular flexibility index (Phi) is 8.16. The molecule has 0 spiro atoms. The Hall–Kier alpha value is -3.14. The SMILES string of the molecule is FC(F)(F)c1cccnc1N1CCN(c2nc(NCCC3CCCCC3)nc(-c3cccc(Cl)c3)n2)CC1. The number of rotatable bonds is 7. The minimum Gasteiger partial charge on any atom is -0.354 e. The molecule has 2 fully saturated rings. The van der Waals surface area contributed by atoms with Crippen LogP contribution in [-0.2, 0) is 6.18 Å². The van der Waals surface area contributed by atoms with E-state index in [4.69, 9.17) is 16.6 Å². The zero-order chi connectivity index (χ0) is 26.5. The van der Waals surface area contributed by atoms with Gasteiger partial charge in [-0.2, -0.15) is 28.1 Å². The summed E-state index contributed by atoms with van der Waals surface area (Å²) in [5.41, 5.74) is 0.0553. The van der Waals surface area contributed by atoms with Crippen LogP contribution in [0.3, 0.4) is 0 Å². The largest absolute Gasteiger partial charge is 0.419 e. The van der Waals surface area contributed by atoms with Crippen molar-refractivity contribution < 1.29 is 13.2 Å². The molecule has 1 aliphatic heterocycles. The predicted octanol–water partition coefficient (Wildman–Crippen LogP) is 6.31. The molecule has 5 rings (SSSR count). The fourth-order valence-electron chi connectivity index (χ4n) is 5.19. The van der Waals surface area contributed by atoms with Gasteiger partial charge in [0.2, 0.25) is 11.9 Å². The molecular formula is C27H31ClF3N7. The second-order valence-electron chi connectivity index (χ2n) is 9.86. The lowest BCUT2D eigenvalue weighted by Crippen LogP contribution is -2.48. The first kappa shape index (κ1) is 26.5. The molecule has 0 unspecified atom stereocenters. The summed E-state index contributed by atoms with van der Waals surface area (Å²) >= 11 is 6.22. The lowest BCUT2D eigenvalue weighted by Gasteiger charge is -2.36. The van der Waals surface area contributed by atoms with Crippen molar-refractivity contribution >= 4 is 29.3 Å². The third kappa shape index (κ3) is 6.46. The molecule has 1 N–H and O–H groups in total. The first-order valence-electron chi connectivity index (χ1n) is 13.1. The number of piperazine rings is 1. The molecular weight excluding hydrogens is 515 g/mol. The Labute approximate surface area is 225 Å². The van der Waals surface area contributed by atoms with E-state index in [1.54, 1.807) is 11.0 Å². The fraction of sp³-hybridized carbons (Fsp3) is 0.481. The molecule has 1 saturated carbocycles. The van der Waals surface area contributed by atoms with Gasteiger partial charge in [-0.1, -0.05) is 55.8 Å². The van der Waals surface area contributed by atoms with E-state index in [9.17, 15) is 13.2 Å². The van der Waals surface area contributed by atoms with Crippen LogP contribution in [0, 0.1) is 5.92 Å². The average Bonchev–Trinajstić information content (AvgIpc) is 2.93. The van der Waals surface area contributed by atoms with Crippen molar-refractivity contribution in [3.8, 4) is 11.4 Å². The fourth-order valence-corrected chi connectivity index (χ4v) is 5.38. The Morgan fingerprint density at radius 2 is 1.68 bits per heavy atom. The summed E-state index contributed by atoms with van der Waals surface area (Å²) < 4.78 is 40.6. The smallest absolute Gasteiger partial charge is 0.354 e. The van der Waals surface area contributed by atoms with E-state index in [1.165, 1.54) is 44.4 Å². The van der Waals surface area contributed by atoms with Gasteiger partial charge in [0, 0.05) is 49.5 Å². The quantitative estimate of drug-likeness (QED) is 0.373. The molecule has 1 aromatic carbocycles. The average molecular weight is 546 g/mol. The van der Waals surface area contributed by atoms with Crippen molar-refractivity contribution in [2.24, 2.45) is 5.92 Å². The van der Waals surface area contributed by atoms with Crippen LogP contribution in [0.1, 0.15) is 44.1 Å². The Balaban J connectivity index is 1.33. The standard InChI is InChI=1S/C27H31ClF3N7/c28-21-9-4-8-20(18-21)23-34-25(33-13-11-19-6-2-1-3-7-19)36-26(35-23)38-16-14-37(15-17-38)24-22(27(29,30)31)10-5-12-32-24/h4-5,8-10,12,18-19H,1-3,6-7,11,13-17H2,(H,33,34,35,36). The van der Waals surface area contributed by atoms with Crippen LogP contribution in [0.5, 0.6) is 0 Å². The number of aromatic nitrogens is 4. The summed E-state index contributed by atoms with van der Waals surface area (Å²) in [6, 6.07) is 9.74. The van der Waals surface area contributed by atoms with Crippen molar-refractivity contribution in [1.82, 2.24) is 19.9 Å². The van der Waals surface area contributed by atoms with Crippen LogP contribution in [0.2, 0.25) is 5.02 Å². The molecule has 0 bridgehead atoms. The lowest BCUT2D eigenvalue weighted by atomic mass is 9.87. The Bertz CT molecular complexity index is 1230. The van der Waals surface area contributed by atoms with Crippen LogP contribution >= 0.6 is 11.6 Å². The van der Waals surface area contributed by atoms with E-state index in [-0.39, 0.29) is 5.82 Å². The van der Waals surface area contributed by atoms with Crippen LogP contribution in [0.15, 0.2) is 42.6 Å². The van der Waals surface area contributed by atoms with Gasteiger partial charge in [0.15, 0.2) is 5.82 Å². The molecule has 0 atom stereocenters. The highest BCUT2D eigenvalue weighted by atomic mass is 35.5. The maximum atomic E-state index is 13.5. The highest BCUT2D eigenvalue weighted by Gasteiger charge is 2.36. The highest BCUT2D eigenvalue weighted by molar-refractivity contribution is 6.30. The van der Waals surface area contributed by atoms with Crippen molar-refractivity contribution in [2.75, 3.05) is 47.8 Å². The second kappa shape index (κ2) is 11.7. The number of benzene rings is 1. The molecule has 1 aliphatic carbocycles. The second-order valence-corrected chi connectivity index (χ2v) is 10.3. The number of nitrogens with zero attached hydrogens (tertiary/aromatic N) is 6. The van der Waals surface area contributed by atoms with Crippen LogP contribution in [0.25, 0.3) is 11.4 Å². The summed E-state index contributed by atoms with van der Waals surface area (Å²) in [6.45, 7) is 2.41. The number of alkyl halides is 3. The van der Waals surface area contributed by atoms with Gasteiger partial charge >= 0.3 is 6.18 Å². The topological polar surface area (TPSA) is 70.1 Å². The number of pyridine rings is 1. The Morgan fingerprint density at radius 3 is 2.42 bits per heavy atom. The molecule has 38 heavy (non-hydrogen) atoms. The molecule has 0 radical (unpaired) electrons. The van der Waals surface area contributed by atoms with E-state index in [1.807, 2.05) is 23.1 Å². The van der Waals surface area contributed by atoms with Crippen molar-refractivity contribution in [1.29, 1.82) is 0 Å². The summed E-state index contributed by atoms with van der Waals surface area (Å²) in [4.78, 5) is 21.7. The van der Waals surface area contributed by atoms with Gasteiger partial charge in [-0.15, -0.1) is 0 Å². The zero-order valence-electron chi connectivity index (χ0n) is 21.1. The molecule has 11 heteroatoms. The first-order valence-corrected chi connectivity index (χ1v) is 13.5. The van der Waals surface area contributed by atoms with E-state index in [0.717, 1.165) is 30.5 Å². The van der Waals surface area contributed by atoms with Crippen molar-refractivity contribution in [2.45, 2.75) is 44.7 Å². The Morgan fingerprint density at radius 1 is 0.921 bits per heavy atom. The summed E-state index contributed by atoms with van der Waals surface area (Å²) in [7, 11) is 0. The molecule has 3 aromatic rings. The molecule has 202 valence electrons. The van der Waals surface area contributed by atoms with Gasteiger partial charge in [-0.05, 0) is 36.6 Å². The van der Waals surface area contributed by atoms with Crippen LogP contribution < -0.4 is 15.1 Å². The van der Waals surface area contributed by atoms with E-state index in [0.29, 0.717) is 48.9 Å². The number of anilines is 3. The van der Waals surface area contributed by atoms with Crippen molar-refractivity contribution in [3.63, 3.8) is 0 Å². The molecule has 2 aromatic heterocycles. The van der Waals surface area contributed by atoms with Crippen LogP contribution in [0.4, 0.5) is 30.9 Å². The number of hydrogen-bond donors (Lipinski definition) is 1. The summed E-state index contributed by atoms with van der Waals surface area (Å²) in [5.74, 6) is 2.18. The van der Waals surface area contributed by atoms with Gasteiger partial charge in [0.1, 0.15) is 5.82 Å². The van der Waals surface area contributed by atoms with Gasteiger partial charge in [-0.25, -0.2) is 4.98 Å². The summed E-state index contributed by atoms with van der Waals surface area (Å²) in [5, 5.41) is 3.97. The van der Waals surface area contributed by atoms with E-state index in [2.05, 4.69) is 20.3 Å². The number of hydrogen-bond acceptors (Lipinski definition) is 7. The highest BCUT2D eigenvalue weighted by Crippen LogP contribution is 2.35. The normalized spacial score (nSPS) is 17.1. The monoisotopic (exact) mass is 545 g/mol. The minimum atomic E-state index is -4.46. The summed E-state index contributed by atoms with van der Waals surface area (Å²) in [6.07, 6.45) is 4.48. The molecule has 2 aliphatic rings. The number of nitrogens with one attached hydrogen (secondary N) is 1. The zero-order valence-corrected chi connectivity index (χ0v) is 21.8. The van der Waals surface area contributed by atoms with Gasteiger partial charge < -0.3 is 15.1 Å². The van der Waals surface area contributed by atoms with Crippen LogP contribution in [-0.4, -0.2) is 52.7 Å². The maximum absolute atomic E-state index is 13.5. The van der Waals surface area contributed by atoms with Gasteiger partial charge in [-0.3, -0.25) is 0 Å². The first-order chi connectivity index (χ1) is 18.4. The maximum Gasteiger partial charge on any atom is 0.419 e. The van der Waals surface area contributed by atoms with E-state index >= 15 is 0 Å². The predicted molar refractivity (Wildman–Crippen MR) is 144 cm³/mol. The lowest BCUT2D eigenvalue weighted by molar-refractivity contribution is -0.137. The third-order valence-electron chi connectivity index (χ3n) is 7.22. The van der Waals surface area contributed by atoms with E-state index < -0.39 is 11.7 Å². The molecule has 0 amide bonds. The van der Waals surface area contributed by atoms with Gasteiger partial charge in [0.05, 0.1) is 5.56 Å². The molecule has 1 saturated heterocycles. The molecule has 3 heterocycles.